The number of rotatable bonds is 6. The summed E-state index contributed by atoms with van der Waals surface area (Å²) in [7, 11) is 3.74. The molecule has 0 radical (unpaired) electrons. The van der Waals surface area contributed by atoms with Gasteiger partial charge in [-0.15, -0.1) is 0 Å². The van der Waals surface area contributed by atoms with Crippen LogP contribution in [0.25, 0.3) is 33.1 Å². The number of H-pyrrole nitrogens is 1. The first-order valence-electron chi connectivity index (χ1n) is 15.1. The monoisotopic (exact) mass is 609 g/mol. The van der Waals surface area contributed by atoms with Crippen molar-refractivity contribution in [1.82, 2.24) is 30.0 Å². The molecule has 2 saturated heterocycles. The molecule has 0 bridgehead atoms. The van der Waals surface area contributed by atoms with Crippen LogP contribution in [-0.4, -0.2) is 89.7 Å². The van der Waals surface area contributed by atoms with Gasteiger partial charge in [0.05, 0.1) is 32.0 Å². The van der Waals surface area contributed by atoms with Crippen molar-refractivity contribution < 1.29 is 18.6 Å². The molecule has 2 aliphatic heterocycles. The Balaban J connectivity index is 1.40. The average molecular weight is 610 g/mol. The van der Waals surface area contributed by atoms with Crippen LogP contribution in [0, 0.1) is 18.2 Å². The van der Waals surface area contributed by atoms with Crippen molar-refractivity contribution in [1.29, 1.82) is 0 Å². The van der Waals surface area contributed by atoms with Gasteiger partial charge >= 0.3 is 6.01 Å². The van der Waals surface area contributed by atoms with Gasteiger partial charge in [0.15, 0.2) is 5.82 Å². The van der Waals surface area contributed by atoms with Crippen molar-refractivity contribution in [2.45, 2.75) is 51.5 Å². The Kier molecular flexibility index (Phi) is 7.51. The number of nitrogens with one attached hydrogen (secondary N) is 1. The highest BCUT2D eigenvalue weighted by atomic mass is 35.5. The smallest absolute Gasteiger partial charge is 0.319 e. The van der Waals surface area contributed by atoms with Crippen molar-refractivity contribution in [2.75, 3.05) is 58.5 Å². The van der Waals surface area contributed by atoms with Crippen LogP contribution in [0.3, 0.4) is 0 Å². The summed E-state index contributed by atoms with van der Waals surface area (Å²) < 4.78 is 34.9. The summed E-state index contributed by atoms with van der Waals surface area (Å²) in [6, 6.07) is 2.42. The van der Waals surface area contributed by atoms with Crippen LogP contribution < -0.4 is 14.4 Å². The Labute approximate surface area is 254 Å². The van der Waals surface area contributed by atoms with E-state index in [2.05, 4.69) is 27.0 Å². The van der Waals surface area contributed by atoms with E-state index >= 15 is 4.39 Å². The first-order chi connectivity index (χ1) is 20.9. The number of methoxy groups -OCH3 is 1. The highest BCUT2D eigenvalue weighted by Crippen LogP contribution is 2.48. The highest BCUT2D eigenvalue weighted by molar-refractivity contribution is 6.33. The molecule has 228 valence electrons. The van der Waals surface area contributed by atoms with E-state index in [1.807, 2.05) is 6.92 Å². The summed E-state index contributed by atoms with van der Waals surface area (Å²) in [5, 5.41) is 8.70. The van der Waals surface area contributed by atoms with Crippen LogP contribution in [0.2, 0.25) is 5.02 Å². The topological polar surface area (TPSA) is 102 Å². The van der Waals surface area contributed by atoms with Gasteiger partial charge in [-0.3, -0.25) is 5.10 Å². The average Bonchev–Trinajstić information content (AvgIpc) is 3.57. The minimum Gasteiger partial charge on any atom is -0.480 e. The highest BCUT2D eigenvalue weighted by Gasteiger charge is 2.47. The second-order valence-electron chi connectivity index (χ2n) is 12.1. The third-order valence-electron chi connectivity index (χ3n) is 9.67. The number of aromatic amines is 1. The summed E-state index contributed by atoms with van der Waals surface area (Å²) >= 11 is 6.58. The lowest BCUT2D eigenvalue weighted by Gasteiger charge is -2.44. The first kappa shape index (κ1) is 28.5. The summed E-state index contributed by atoms with van der Waals surface area (Å²) in [6.45, 7) is 5.93. The molecule has 12 heteroatoms. The molecule has 1 aliphatic carbocycles. The lowest BCUT2D eigenvalue weighted by Crippen LogP contribution is -2.50. The molecule has 3 fully saturated rings. The Bertz CT molecular complexity index is 1670. The van der Waals surface area contributed by atoms with Crippen LogP contribution >= 0.6 is 11.6 Å². The third kappa shape index (κ3) is 4.85. The number of benzene rings is 1. The SMILES string of the molecule is COc1nc(-c2c(C)c(Cl)cc3[nH]ncc23)c(F)c2nc(OCC34CCCC3N(C)CCC4)nc(N3CCCOCC3)c12. The minimum absolute atomic E-state index is 0.0480. The van der Waals surface area contributed by atoms with Crippen LogP contribution in [0.15, 0.2) is 12.3 Å². The molecule has 5 heterocycles. The predicted octanol–water partition coefficient (Wildman–Crippen LogP) is 5.55. The van der Waals surface area contributed by atoms with E-state index in [0.29, 0.717) is 77.2 Å². The van der Waals surface area contributed by atoms with Gasteiger partial charge < -0.3 is 24.0 Å². The van der Waals surface area contributed by atoms with Gasteiger partial charge in [-0.25, -0.2) is 9.37 Å². The molecule has 43 heavy (non-hydrogen) atoms. The van der Waals surface area contributed by atoms with Gasteiger partial charge in [0.2, 0.25) is 5.88 Å². The number of fused-ring (bicyclic) bond motifs is 3. The number of hydrogen-bond donors (Lipinski definition) is 1. The maximum Gasteiger partial charge on any atom is 0.319 e. The molecule has 1 saturated carbocycles. The number of halogens is 2. The van der Waals surface area contributed by atoms with E-state index in [1.165, 1.54) is 20.0 Å². The number of anilines is 1. The van der Waals surface area contributed by atoms with Crippen molar-refractivity contribution in [2.24, 2.45) is 5.41 Å². The number of hydrogen-bond acceptors (Lipinski definition) is 9. The van der Waals surface area contributed by atoms with Gasteiger partial charge in [-0.1, -0.05) is 18.0 Å². The van der Waals surface area contributed by atoms with Gasteiger partial charge in [-0.05, 0) is 64.3 Å². The molecule has 3 aromatic heterocycles. The fourth-order valence-corrected chi connectivity index (χ4v) is 7.72. The van der Waals surface area contributed by atoms with Gasteiger partial charge in [0.25, 0.3) is 0 Å². The number of aromatic nitrogens is 5. The molecular formula is C31H37ClFN7O3. The van der Waals surface area contributed by atoms with Crippen molar-refractivity contribution in [3.63, 3.8) is 0 Å². The molecule has 0 spiro atoms. The summed E-state index contributed by atoms with van der Waals surface area (Å²) in [5.74, 6) is 0.188. The van der Waals surface area contributed by atoms with Gasteiger partial charge in [0, 0.05) is 47.1 Å². The van der Waals surface area contributed by atoms with E-state index in [0.717, 1.165) is 32.2 Å². The summed E-state index contributed by atoms with van der Waals surface area (Å²) in [4.78, 5) is 18.9. The minimum atomic E-state index is -0.586. The predicted molar refractivity (Wildman–Crippen MR) is 164 cm³/mol. The van der Waals surface area contributed by atoms with E-state index in [1.54, 1.807) is 12.3 Å². The van der Waals surface area contributed by atoms with Gasteiger partial charge in [0.1, 0.15) is 22.4 Å². The largest absolute Gasteiger partial charge is 0.480 e. The zero-order chi connectivity index (χ0) is 29.7. The molecule has 2 atom stereocenters. The number of nitrogens with zero attached hydrogens (tertiary/aromatic N) is 6. The lowest BCUT2D eigenvalue weighted by atomic mass is 9.76. The zero-order valence-electron chi connectivity index (χ0n) is 24.9. The molecule has 1 aromatic carbocycles. The Morgan fingerprint density at radius 3 is 2.86 bits per heavy atom. The maximum absolute atomic E-state index is 16.9. The number of pyridine rings is 1. The molecule has 3 aliphatic rings. The number of ether oxygens (including phenoxy) is 3. The Morgan fingerprint density at radius 1 is 1.14 bits per heavy atom. The fourth-order valence-electron chi connectivity index (χ4n) is 7.52. The van der Waals surface area contributed by atoms with Crippen LogP contribution in [0.4, 0.5) is 10.2 Å². The fraction of sp³-hybridized carbons (Fsp3) is 0.548. The molecule has 2 unspecified atom stereocenters. The maximum atomic E-state index is 16.9. The van der Waals surface area contributed by atoms with E-state index < -0.39 is 5.82 Å². The molecular weight excluding hydrogens is 573 g/mol. The molecule has 1 N–H and O–H groups in total. The van der Waals surface area contributed by atoms with Crippen molar-refractivity contribution in [3.05, 3.63) is 28.7 Å². The van der Waals surface area contributed by atoms with E-state index in [4.69, 9.17) is 40.8 Å². The second kappa shape index (κ2) is 11.3. The Hall–Kier alpha value is -3.28. The summed E-state index contributed by atoms with van der Waals surface area (Å²) in [5.41, 5.74) is 2.15. The normalized spacial score (nSPS) is 23.1. The standard InChI is InChI=1S/C31H37ClFN7O3/c1-18-20(32)15-21-19(16-34-38-21)23(18)26-25(33)27-24(29(35-26)41-3)28(40-11-6-13-42-14-12-40)37-30(36-27)43-17-31-8-4-7-22(31)39(2)10-5-9-31/h15-16,22H,4-14,17H2,1-3H3,(H,34,38). The van der Waals surface area contributed by atoms with E-state index in [-0.39, 0.29) is 28.5 Å². The molecule has 10 nitrogen and oxygen atoms in total. The molecule has 7 rings (SSSR count). The third-order valence-corrected chi connectivity index (χ3v) is 10.1. The first-order valence-corrected chi connectivity index (χ1v) is 15.5. The lowest BCUT2D eigenvalue weighted by molar-refractivity contribution is 0.0133. The van der Waals surface area contributed by atoms with Crippen LogP contribution in [0.1, 0.15) is 44.1 Å². The van der Waals surface area contributed by atoms with Crippen molar-refractivity contribution >= 4 is 39.2 Å². The number of piperidine rings is 1. The van der Waals surface area contributed by atoms with E-state index in [9.17, 15) is 0 Å². The summed E-state index contributed by atoms with van der Waals surface area (Å²) in [6.07, 6.45) is 8.17. The number of likely N-dealkylation sites (tertiary alicyclic amines) is 1. The zero-order valence-corrected chi connectivity index (χ0v) is 25.6. The van der Waals surface area contributed by atoms with Crippen LogP contribution in [0.5, 0.6) is 11.9 Å². The quantitative estimate of drug-likeness (QED) is 0.301. The van der Waals surface area contributed by atoms with Crippen molar-refractivity contribution in [3.8, 4) is 23.1 Å². The Morgan fingerprint density at radius 2 is 2.00 bits per heavy atom. The molecule has 4 aromatic rings. The van der Waals surface area contributed by atoms with Gasteiger partial charge in [-0.2, -0.15) is 15.1 Å². The molecule has 0 amide bonds. The second-order valence-corrected chi connectivity index (χ2v) is 12.5. The van der Waals surface area contributed by atoms with Crippen LogP contribution in [-0.2, 0) is 4.74 Å².